The van der Waals surface area contributed by atoms with Crippen LogP contribution in [0, 0.1) is 5.92 Å². The Morgan fingerprint density at radius 1 is 1.12 bits per heavy atom. The molecule has 1 aromatic carbocycles. The molecule has 26 heavy (non-hydrogen) atoms. The molecular formula is C20H28N2O4. The van der Waals surface area contributed by atoms with Crippen molar-refractivity contribution in [2.24, 2.45) is 5.92 Å². The molecule has 0 bridgehead atoms. The Morgan fingerprint density at radius 2 is 1.81 bits per heavy atom. The van der Waals surface area contributed by atoms with Crippen LogP contribution in [-0.4, -0.2) is 65.8 Å². The fourth-order valence-electron chi connectivity index (χ4n) is 4.11. The lowest BCUT2D eigenvalue weighted by molar-refractivity contribution is 0.0696. The van der Waals surface area contributed by atoms with E-state index >= 15 is 0 Å². The first-order chi connectivity index (χ1) is 12.6. The van der Waals surface area contributed by atoms with Gasteiger partial charge in [-0.3, -0.25) is 4.90 Å². The van der Waals surface area contributed by atoms with Gasteiger partial charge in [-0.15, -0.1) is 0 Å². The lowest BCUT2D eigenvalue weighted by atomic mass is 9.97. The van der Waals surface area contributed by atoms with Gasteiger partial charge in [0, 0.05) is 25.7 Å². The molecule has 0 spiro atoms. The number of carbonyl (C=O) groups excluding carboxylic acids is 1. The quantitative estimate of drug-likeness (QED) is 0.874. The van der Waals surface area contributed by atoms with Crippen LogP contribution in [0.5, 0.6) is 0 Å². The summed E-state index contributed by atoms with van der Waals surface area (Å²) >= 11 is 0. The fourth-order valence-corrected chi connectivity index (χ4v) is 4.11. The highest BCUT2D eigenvalue weighted by Crippen LogP contribution is 2.27. The van der Waals surface area contributed by atoms with Crippen molar-refractivity contribution in [3.8, 4) is 0 Å². The Bertz CT molecular complexity index is 623. The van der Waals surface area contributed by atoms with Crippen LogP contribution in [0.1, 0.15) is 42.1 Å². The van der Waals surface area contributed by atoms with Crippen molar-refractivity contribution >= 4 is 12.1 Å². The minimum absolute atomic E-state index is 0.185. The molecule has 0 saturated carbocycles. The molecule has 2 saturated heterocycles. The molecule has 2 aliphatic rings. The van der Waals surface area contributed by atoms with Crippen LogP contribution in [0.15, 0.2) is 24.3 Å². The van der Waals surface area contributed by atoms with E-state index in [0.717, 1.165) is 45.4 Å². The highest BCUT2D eigenvalue weighted by atomic mass is 16.6. The number of carboxylic acid groups (broad SMARTS) is 1. The molecule has 142 valence electrons. The van der Waals surface area contributed by atoms with Crippen molar-refractivity contribution in [1.29, 1.82) is 0 Å². The van der Waals surface area contributed by atoms with Crippen LogP contribution >= 0.6 is 0 Å². The second kappa shape index (κ2) is 8.54. The lowest BCUT2D eigenvalue weighted by Gasteiger charge is -2.36. The van der Waals surface area contributed by atoms with Gasteiger partial charge in [-0.1, -0.05) is 12.1 Å². The SMILES string of the molecule is CCOC(=O)N1CCC(N2CC[C@H](Cc3ccc(C(=O)O)cc3)C2)CC1. The van der Waals surface area contributed by atoms with Crippen molar-refractivity contribution < 1.29 is 19.4 Å². The van der Waals surface area contributed by atoms with E-state index in [1.165, 1.54) is 12.0 Å². The zero-order chi connectivity index (χ0) is 18.5. The molecule has 2 aliphatic heterocycles. The molecule has 6 nitrogen and oxygen atoms in total. The maximum absolute atomic E-state index is 11.8. The molecule has 0 radical (unpaired) electrons. The van der Waals surface area contributed by atoms with Crippen LogP contribution < -0.4 is 0 Å². The van der Waals surface area contributed by atoms with Gasteiger partial charge in [-0.25, -0.2) is 9.59 Å². The van der Waals surface area contributed by atoms with Gasteiger partial charge < -0.3 is 14.7 Å². The molecule has 1 aromatic rings. The van der Waals surface area contributed by atoms with Crippen LogP contribution in [0.3, 0.4) is 0 Å². The third-order valence-electron chi connectivity index (χ3n) is 5.55. The summed E-state index contributed by atoms with van der Waals surface area (Å²) in [6.07, 6.45) is 4.02. The number of rotatable bonds is 5. The van der Waals surface area contributed by atoms with E-state index in [9.17, 15) is 9.59 Å². The molecule has 0 aliphatic carbocycles. The Labute approximate surface area is 154 Å². The number of hydrogen-bond acceptors (Lipinski definition) is 4. The summed E-state index contributed by atoms with van der Waals surface area (Å²) in [5.74, 6) is -0.258. The first-order valence-electron chi connectivity index (χ1n) is 9.54. The third kappa shape index (κ3) is 4.55. The van der Waals surface area contributed by atoms with Gasteiger partial charge in [0.05, 0.1) is 12.2 Å². The average molecular weight is 360 g/mol. The van der Waals surface area contributed by atoms with Crippen LogP contribution in [0.2, 0.25) is 0 Å². The minimum Gasteiger partial charge on any atom is -0.478 e. The predicted octanol–water partition coefficient (Wildman–Crippen LogP) is 2.87. The fraction of sp³-hybridized carbons (Fsp3) is 0.600. The van der Waals surface area contributed by atoms with E-state index in [0.29, 0.717) is 24.1 Å². The molecule has 2 heterocycles. The Balaban J connectivity index is 1.45. The minimum atomic E-state index is -0.877. The number of nitrogens with zero attached hydrogens (tertiary/aromatic N) is 2. The largest absolute Gasteiger partial charge is 0.478 e. The van der Waals surface area contributed by atoms with E-state index in [1.54, 1.807) is 12.1 Å². The summed E-state index contributed by atoms with van der Waals surface area (Å²) in [5, 5.41) is 8.98. The first-order valence-corrected chi connectivity index (χ1v) is 9.54. The van der Waals surface area contributed by atoms with Gasteiger partial charge in [0.15, 0.2) is 0 Å². The highest BCUT2D eigenvalue weighted by molar-refractivity contribution is 5.87. The van der Waals surface area contributed by atoms with E-state index in [4.69, 9.17) is 9.84 Å². The van der Waals surface area contributed by atoms with Crippen molar-refractivity contribution in [2.45, 2.75) is 38.6 Å². The number of ether oxygens (including phenoxy) is 1. The van der Waals surface area contributed by atoms with Crippen LogP contribution in [0.4, 0.5) is 4.79 Å². The summed E-state index contributed by atoms with van der Waals surface area (Å²) < 4.78 is 5.09. The van der Waals surface area contributed by atoms with Crippen molar-refractivity contribution in [3.63, 3.8) is 0 Å². The Kier molecular flexibility index (Phi) is 6.14. The number of benzene rings is 1. The molecule has 2 fully saturated rings. The molecule has 1 atom stereocenters. The van der Waals surface area contributed by atoms with Gasteiger partial charge in [0.1, 0.15) is 0 Å². The molecule has 3 rings (SSSR count). The second-order valence-electron chi connectivity index (χ2n) is 7.27. The molecule has 0 aromatic heterocycles. The van der Waals surface area contributed by atoms with Gasteiger partial charge >= 0.3 is 12.1 Å². The Morgan fingerprint density at radius 3 is 2.42 bits per heavy atom. The monoisotopic (exact) mass is 360 g/mol. The zero-order valence-electron chi connectivity index (χ0n) is 15.4. The summed E-state index contributed by atoms with van der Waals surface area (Å²) in [6, 6.07) is 7.80. The molecule has 6 heteroatoms. The summed E-state index contributed by atoms with van der Waals surface area (Å²) in [7, 11) is 0. The number of piperidine rings is 1. The van der Waals surface area contributed by atoms with Crippen molar-refractivity contribution in [3.05, 3.63) is 35.4 Å². The smallest absolute Gasteiger partial charge is 0.409 e. The number of hydrogen-bond donors (Lipinski definition) is 1. The van der Waals surface area contributed by atoms with Crippen LogP contribution in [0.25, 0.3) is 0 Å². The molecule has 0 unspecified atom stereocenters. The van der Waals surface area contributed by atoms with E-state index < -0.39 is 5.97 Å². The predicted molar refractivity (Wildman–Crippen MR) is 98.4 cm³/mol. The maximum atomic E-state index is 11.8. The van der Waals surface area contributed by atoms with Gasteiger partial charge in [-0.2, -0.15) is 0 Å². The van der Waals surface area contributed by atoms with Crippen LogP contribution in [-0.2, 0) is 11.2 Å². The summed E-state index contributed by atoms with van der Waals surface area (Å²) in [4.78, 5) is 27.1. The number of likely N-dealkylation sites (tertiary alicyclic amines) is 2. The molecular weight excluding hydrogens is 332 g/mol. The number of aromatic carboxylic acids is 1. The van der Waals surface area contributed by atoms with Gasteiger partial charge in [-0.05, 0) is 62.8 Å². The topological polar surface area (TPSA) is 70.1 Å². The standard InChI is InChI=1S/C20H28N2O4/c1-2-26-20(25)21-11-8-18(9-12-21)22-10-7-16(14-22)13-15-3-5-17(6-4-15)19(23)24/h3-6,16,18H,2,7-14H2,1H3,(H,23,24)/t16-/m1/s1. The normalized spacial score (nSPS) is 21.7. The number of amides is 1. The maximum Gasteiger partial charge on any atom is 0.409 e. The van der Waals surface area contributed by atoms with E-state index in [1.807, 2.05) is 24.0 Å². The zero-order valence-corrected chi connectivity index (χ0v) is 15.4. The lowest BCUT2D eigenvalue weighted by Crippen LogP contribution is -2.46. The van der Waals surface area contributed by atoms with Gasteiger partial charge in [0.2, 0.25) is 0 Å². The molecule has 1 N–H and O–H groups in total. The van der Waals surface area contributed by atoms with E-state index in [-0.39, 0.29) is 6.09 Å². The summed E-state index contributed by atoms with van der Waals surface area (Å²) in [6.45, 7) is 6.03. The molecule has 1 amide bonds. The second-order valence-corrected chi connectivity index (χ2v) is 7.27. The first kappa shape index (κ1) is 18.7. The van der Waals surface area contributed by atoms with E-state index in [2.05, 4.69) is 4.90 Å². The highest BCUT2D eigenvalue weighted by Gasteiger charge is 2.32. The summed E-state index contributed by atoms with van der Waals surface area (Å²) in [5.41, 5.74) is 1.55. The third-order valence-corrected chi connectivity index (χ3v) is 5.55. The number of carbonyl (C=O) groups is 2. The average Bonchev–Trinajstić information content (AvgIpc) is 3.11. The van der Waals surface area contributed by atoms with Gasteiger partial charge in [0.25, 0.3) is 0 Å². The number of carboxylic acids is 1. The van der Waals surface area contributed by atoms with Crippen molar-refractivity contribution in [2.75, 3.05) is 32.8 Å². The Hall–Kier alpha value is -2.08. The van der Waals surface area contributed by atoms with Crippen molar-refractivity contribution in [1.82, 2.24) is 9.80 Å².